The van der Waals surface area contributed by atoms with Crippen molar-refractivity contribution in [1.29, 1.82) is 0 Å². The minimum atomic E-state index is -4.59. The maximum atomic E-state index is 11.8. The van der Waals surface area contributed by atoms with Crippen LogP contribution in [0.4, 0.5) is 18.0 Å². The molecule has 0 rings (SSSR count). The molecule has 0 aliphatic rings. The summed E-state index contributed by atoms with van der Waals surface area (Å²) < 4.78 is 45.3. The number of alkyl halides is 3. The van der Waals surface area contributed by atoms with Gasteiger partial charge in [-0.15, -0.1) is 0 Å². The largest absolute Gasteiger partial charge is 0.454 e. The summed E-state index contributed by atoms with van der Waals surface area (Å²) in [5.41, 5.74) is 0. The summed E-state index contributed by atoms with van der Waals surface area (Å²) in [5, 5.41) is 3.04. The minimum Gasteiger partial charge on any atom is -0.454 e. The fraction of sp³-hybridized carbons (Fsp3) is 0.769. The first-order valence-electron chi connectivity index (χ1n) is 6.94. The molecule has 3 amide bonds. The zero-order valence-corrected chi connectivity index (χ0v) is 13.2. The quantitative estimate of drug-likeness (QED) is 0.650. The van der Waals surface area contributed by atoms with E-state index >= 15 is 0 Å². The molecule has 0 aromatic carbocycles. The minimum absolute atomic E-state index is 0.347. The van der Waals surface area contributed by atoms with E-state index in [1.165, 1.54) is 12.2 Å². The average molecular weight is 342 g/mol. The third-order valence-electron chi connectivity index (χ3n) is 2.44. The molecule has 134 valence electrons. The van der Waals surface area contributed by atoms with Crippen LogP contribution >= 0.6 is 0 Å². The number of nitrogens with one attached hydrogen (secondary N) is 2. The van der Waals surface area contributed by atoms with Gasteiger partial charge in [0.15, 0.2) is 12.7 Å². The van der Waals surface area contributed by atoms with Crippen LogP contribution < -0.4 is 10.6 Å². The Morgan fingerprint density at radius 3 is 2.26 bits per heavy atom. The lowest BCUT2D eigenvalue weighted by Crippen LogP contribution is -2.44. The molecular weight excluding hydrogens is 321 g/mol. The number of carbonyl (C=O) groups is 3. The van der Waals surface area contributed by atoms with Gasteiger partial charge in [-0.1, -0.05) is 13.8 Å². The molecule has 0 saturated carbocycles. The molecule has 0 spiro atoms. The number of halogens is 3. The lowest BCUT2D eigenvalue weighted by molar-refractivity contribution is -0.159. The Labute approximate surface area is 131 Å². The summed E-state index contributed by atoms with van der Waals surface area (Å²) in [6, 6.07) is -1.33. The number of urea groups is 1. The summed E-state index contributed by atoms with van der Waals surface area (Å²) in [6.45, 7) is 3.39. The number of imide groups is 1. The van der Waals surface area contributed by atoms with Crippen molar-refractivity contribution in [2.45, 2.75) is 39.5 Å². The summed E-state index contributed by atoms with van der Waals surface area (Å²) in [4.78, 5) is 33.7. The monoisotopic (exact) mass is 342 g/mol. The van der Waals surface area contributed by atoms with Crippen molar-refractivity contribution in [3.8, 4) is 0 Å². The molecule has 0 aliphatic heterocycles. The Kier molecular flexibility index (Phi) is 9.23. The maximum absolute atomic E-state index is 11.8. The highest BCUT2D eigenvalue weighted by Gasteiger charge is 2.28. The summed E-state index contributed by atoms with van der Waals surface area (Å²) >= 11 is 0. The van der Waals surface area contributed by atoms with Crippen LogP contribution in [0, 0.1) is 5.92 Å². The lowest BCUT2D eigenvalue weighted by Gasteiger charge is -2.13. The molecule has 0 aliphatic carbocycles. The van der Waals surface area contributed by atoms with Gasteiger partial charge in [0, 0.05) is 6.61 Å². The van der Waals surface area contributed by atoms with E-state index in [0.717, 1.165) is 6.42 Å². The van der Waals surface area contributed by atoms with Crippen LogP contribution in [-0.2, 0) is 19.1 Å². The fourth-order valence-corrected chi connectivity index (χ4v) is 1.19. The number of rotatable bonds is 8. The Balaban J connectivity index is 3.95. The van der Waals surface area contributed by atoms with Crippen LogP contribution in [0.1, 0.15) is 27.2 Å². The van der Waals surface area contributed by atoms with Gasteiger partial charge in [-0.2, -0.15) is 13.2 Å². The van der Waals surface area contributed by atoms with Crippen LogP contribution in [0.5, 0.6) is 0 Å². The van der Waals surface area contributed by atoms with Crippen LogP contribution in [0.2, 0.25) is 0 Å². The Bertz CT molecular complexity index is 413. The van der Waals surface area contributed by atoms with E-state index in [1.807, 2.05) is 13.8 Å². The molecule has 0 aromatic heterocycles. The van der Waals surface area contributed by atoms with Gasteiger partial charge in [0.1, 0.15) is 6.54 Å². The summed E-state index contributed by atoms with van der Waals surface area (Å²) in [5.74, 6) is -1.45. The number of hydrogen-bond acceptors (Lipinski definition) is 5. The predicted molar refractivity (Wildman–Crippen MR) is 73.4 cm³/mol. The number of hydrogen-bond donors (Lipinski definition) is 2. The van der Waals surface area contributed by atoms with Crippen LogP contribution in [0.3, 0.4) is 0 Å². The number of carbonyl (C=O) groups excluding carboxylic acids is 3. The smallest absolute Gasteiger partial charge is 0.405 e. The van der Waals surface area contributed by atoms with Gasteiger partial charge in [0.2, 0.25) is 0 Å². The number of esters is 1. The summed E-state index contributed by atoms with van der Waals surface area (Å²) in [6.07, 6.45) is -4.73. The van der Waals surface area contributed by atoms with Crippen molar-refractivity contribution in [2.75, 3.05) is 19.8 Å². The van der Waals surface area contributed by atoms with E-state index in [-0.39, 0.29) is 0 Å². The molecule has 1 unspecified atom stereocenters. The van der Waals surface area contributed by atoms with E-state index in [9.17, 15) is 27.6 Å². The molecule has 10 heteroatoms. The molecule has 0 bridgehead atoms. The Morgan fingerprint density at radius 2 is 1.74 bits per heavy atom. The zero-order valence-electron chi connectivity index (χ0n) is 13.2. The lowest BCUT2D eigenvalue weighted by atomic mass is 10.1. The van der Waals surface area contributed by atoms with Crippen molar-refractivity contribution in [3.05, 3.63) is 0 Å². The SMILES string of the molecule is CC(C)CCOC(C)C(=O)OCC(=O)NC(=O)NCC(F)(F)F. The first-order valence-corrected chi connectivity index (χ1v) is 6.94. The highest BCUT2D eigenvalue weighted by atomic mass is 19.4. The predicted octanol–water partition coefficient (Wildman–Crippen LogP) is 1.37. The molecule has 0 fully saturated rings. The van der Waals surface area contributed by atoms with E-state index < -0.39 is 43.3 Å². The van der Waals surface area contributed by atoms with Gasteiger partial charge >= 0.3 is 18.2 Å². The van der Waals surface area contributed by atoms with Crippen LogP contribution in [-0.4, -0.2) is 49.9 Å². The van der Waals surface area contributed by atoms with Gasteiger partial charge in [-0.3, -0.25) is 10.1 Å². The van der Waals surface area contributed by atoms with Gasteiger partial charge in [0.05, 0.1) is 0 Å². The third kappa shape index (κ3) is 12.4. The van der Waals surface area contributed by atoms with Gasteiger partial charge in [-0.05, 0) is 19.3 Å². The molecule has 2 N–H and O–H groups in total. The van der Waals surface area contributed by atoms with Gasteiger partial charge in [-0.25, -0.2) is 9.59 Å². The van der Waals surface area contributed by atoms with Crippen LogP contribution in [0.15, 0.2) is 0 Å². The van der Waals surface area contributed by atoms with Gasteiger partial charge < -0.3 is 14.8 Å². The second-order valence-electron chi connectivity index (χ2n) is 5.15. The van der Waals surface area contributed by atoms with Gasteiger partial charge in [0.25, 0.3) is 5.91 Å². The molecule has 0 heterocycles. The fourth-order valence-electron chi connectivity index (χ4n) is 1.19. The second-order valence-corrected chi connectivity index (χ2v) is 5.15. The van der Waals surface area contributed by atoms with E-state index in [0.29, 0.717) is 12.5 Å². The maximum Gasteiger partial charge on any atom is 0.405 e. The third-order valence-corrected chi connectivity index (χ3v) is 2.44. The molecule has 7 nitrogen and oxygen atoms in total. The average Bonchev–Trinajstić information content (AvgIpc) is 2.41. The normalized spacial score (nSPS) is 12.7. The first kappa shape index (κ1) is 21.2. The van der Waals surface area contributed by atoms with Crippen LogP contribution in [0.25, 0.3) is 0 Å². The molecule has 0 radical (unpaired) electrons. The molecular formula is C13H21F3N2O5. The highest BCUT2D eigenvalue weighted by molar-refractivity contribution is 5.95. The summed E-state index contributed by atoms with van der Waals surface area (Å²) in [7, 11) is 0. The van der Waals surface area contributed by atoms with Crippen molar-refractivity contribution in [1.82, 2.24) is 10.6 Å². The van der Waals surface area contributed by atoms with E-state index in [1.54, 1.807) is 5.32 Å². The highest BCUT2D eigenvalue weighted by Crippen LogP contribution is 2.11. The van der Waals surface area contributed by atoms with E-state index in [2.05, 4.69) is 4.74 Å². The number of amides is 3. The first-order chi connectivity index (χ1) is 10.5. The van der Waals surface area contributed by atoms with E-state index in [4.69, 9.17) is 4.74 Å². The van der Waals surface area contributed by atoms with Crippen molar-refractivity contribution in [3.63, 3.8) is 0 Å². The Morgan fingerprint density at radius 1 is 1.13 bits per heavy atom. The van der Waals surface area contributed by atoms with Crippen molar-refractivity contribution >= 4 is 17.9 Å². The number of ether oxygens (including phenoxy) is 2. The Hall–Kier alpha value is -1.84. The molecule has 23 heavy (non-hydrogen) atoms. The topological polar surface area (TPSA) is 93.7 Å². The van der Waals surface area contributed by atoms with Crippen molar-refractivity contribution < 1.29 is 37.0 Å². The standard InChI is InChI=1S/C13H21F3N2O5/c1-8(2)4-5-22-9(3)11(20)23-6-10(19)18-12(21)17-7-13(14,15)16/h8-9H,4-7H2,1-3H3,(H2,17,18,19,21). The zero-order chi connectivity index (χ0) is 18.0. The second kappa shape index (κ2) is 10.0. The molecule has 1 atom stereocenters. The molecule has 0 saturated heterocycles. The molecule has 0 aromatic rings. The van der Waals surface area contributed by atoms with Crippen molar-refractivity contribution in [2.24, 2.45) is 5.92 Å².